The molecule has 1 aromatic carbocycles. The Morgan fingerprint density at radius 3 is 2.62 bits per heavy atom. The number of rotatable bonds is 10. The maximum atomic E-state index is 12.6. The molecule has 0 aliphatic carbocycles. The third-order valence-electron chi connectivity index (χ3n) is 4.19. The molecule has 1 atom stereocenters. The molecule has 0 fully saturated rings. The van der Waals surface area contributed by atoms with Gasteiger partial charge in [0.15, 0.2) is 11.5 Å². The van der Waals surface area contributed by atoms with E-state index in [0.29, 0.717) is 29.8 Å². The zero-order valence-corrected chi connectivity index (χ0v) is 17.8. The zero-order chi connectivity index (χ0) is 21.4. The molecule has 0 spiro atoms. The van der Waals surface area contributed by atoms with Crippen LogP contribution in [0.25, 0.3) is 0 Å². The lowest BCUT2D eigenvalue weighted by atomic mass is 10.1. The van der Waals surface area contributed by atoms with Gasteiger partial charge >= 0.3 is 0 Å². The molecule has 0 aliphatic rings. The van der Waals surface area contributed by atoms with Crippen molar-refractivity contribution in [2.24, 2.45) is 5.92 Å². The molecule has 1 unspecified atom stereocenters. The van der Waals surface area contributed by atoms with Crippen LogP contribution in [0.5, 0.6) is 11.5 Å². The van der Waals surface area contributed by atoms with Crippen molar-refractivity contribution in [1.82, 2.24) is 10.6 Å². The molecule has 2 aromatic rings. The second-order valence-corrected chi connectivity index (χ2v) is 7.42. The van der Waals surface area contributed by atoms with Crippen LogP contribution in [-0.4, -0.2) is 31.6 Å². The molecule has 2 N–H and O–H groups in total. The fourth-order valence-corrected chi connectivity index (χ4v) is 2.74. The first-order valence-electron chi connectivity index (χ1n) is 9.43. The Kier molecular flexibility index (Phi) is 8.39. The van der Waals surface area contributed by atoms with Gasteiger partial charge in [-0.1, -0.05) is 25.4 Å². The van der Waals surface area contributed by atoms with Crippen LogP contribution in [0.15, 0.2) is 34.9 Å². The van der Waals surface area contributed by atoms with Gasteiger partial charge in [0.05, 0.1) is 31.5 Å². The minimum Gasteiger partial charge on any atom is -0.493 e. The van der Waals surface area contributed by atoms with Gasteiger partial charge in [-0.2, -0.15) is 0 Å². The second kappa shape index (κ2) is 10.8. The van der Waals surface area contributed by atoms with Crippen LogP contribution in [0.4, 0.5) is 0 Å². The van der Waals surface area contributed by atoms with E-state index in [-0.39, 0.29) is 23.0 Å². The minimum absolute atomic E-state index is 0.244. The monoisotopic (exact) mass is 422 g/mol. The van der Waals surface area contributed by atoms with E-state index >= 15 is 0 Å². The highest BCUT2D eigenvalue weighted by molar-refractivity contribution is 6.32. The first kappa shape index (κ1) is 22.6. The van der Waals surface area contributed by atoms with Gasteiger partial charge < -0.3 is 24.5 Å². The Labute approximate surface area is 175 Å². The molecule has 1 heterocycles. The molecule has 0 saturated carbocycles. The van der Waals surface area contributed by atoms with Gasteiger partial charge in [0.1, 0.15) is 11.8 Å². The van der Waals surface area contributed by atoms with Crippen molar-refractivity contribution in [2.75, 3.05) is 13.7 Å². The molecule has 0 aliphatic heterocycles. The van der Waals surface area contributed by atoms with Crippen LogP contribution in [0.1, 0.15) is 43.3 Å². The normalized spacial score (nSPS) is 11.8. The van der Waals surface area contributed by atoms with Gasteiger partial charge in [-0.25, -0.2) is 0 Å². The Balaban J connectivity index is 2.00. The summed E-state index contributed by atoms with van der Waals surface area (Å²) in [4.78, 5) is 24.7. The van der Waals surface area contributed by atoms with Crippen LogP contribution in [0.3, 0.4) is 0 Å². The van der Waals surface area contributed by atoms with E-state index < -0.39 is 11.9 Å². The minimum atomic E-state index is -0.746. The van der Waals surface area contributed by atoms with E-state index in [0.717, 1.165) is 6.42 Å². The van der Waals surface area contributed by atoms with Crippen LogP contribution in [0.2, 0.25) is 5.02 Å². The van der Waals surface area contributed by atoms with E-state index in [9.17, 15) is 9.59 Å². The number of hydrogen-bond donors (Lipinski definition) is 2. The quantitative estimate of drug-likeness (QED) is 0.607. The molecule has 0 radical (unpaired) electrons. The maximum absolute atomic E-state index is 12.6. The summed E-state index contributed by atoms with van der Waals surface area (Å²) in [7, 11) is 1.48. The Hall–Kier alpha value is -2.67. The predicted octanol–water partition coefficient (Wildman–Crippen LogP) is 3.80. The lowest BCUT2D eigenvalue weighted by molar-refractivity contribution is -0.122. The Morgan fingerprint density at radius 2 is 2.00 bits per heavy atom. The van der Waals surface area contributed by atoms with E-state index in [1.807, 2.05) is 0 Å². The molecule has 2 rings (SSSR count). The van der Waals surface area contributed by atoms with Crippen LogP contribution < -0.4 is 20.1 Å². The molecular formula is C21H27ClN2O5. The van der Waals surface area contributed by atoms with Gasteiger partial charge in [0.2, 0.25) is 5.91 Å². The smallest absolute Gasteiger partial charge is 0.252 e. The summed E-state index contributed by atoms with van der Waals surface area (Å²) in [6.07, 6.45) is 2.40. The first-order valence-corrected chi connectivity index (χ1v) is 9.80. The molecule has 0 saturated heterocycles. The van der Waals surface area contributed by atoms with Crippen molar-refractivity contribution in [3.63, 3.8) is 0 Å². The summed E-state index contributed by atoms with van der Waals surface area (Å²) in [5, 5.41) is 5.62. The summed E-state index contributed by atoms with van der Waals surface area (Å²) >= 11 is 6.30. The highest BCUT2D eigenvalue weighted by Gasteiger charge is 2.20. The number of amides is 2. The molecule has 1 aromatic heterocycles. The van der Waals surface area contributed by atoms with Crippen molar-refractivity contribution in [3.8, 4) is 11.5 Å². The van der Waals surface area contributed by atoms with Crippen molar-refractivity contribution in [2.45, 2.75) is 39.8 Å². The summed E-state index contributed by atoms with van der Waals surface area (Å²) in [6.45, 7) is 6.53. The number of benzene rings is 1. The number of furan rings is 1. The van der Waals surface area contributed by atoms with E-state index in [2.05, 4.69) is 24.5 Å². The molecule has 0 bridgehead atoms. The third-order valence-corrected chi connectivity index (χ3v) is 4.47. The fraction of sp³-hybridized carbons (Fsp3) is 0.429. The Morgan fingerprint density at radius 1 is 1.24 bits per heavy atom. The SMILES string of the molecule is COc1cc(C(=O)NC(C)C(=O)NCc2ccco2)cc(Cl)c1OCCC(C)C. The summed E-state index contributed by atoms with van der Waals surface area (Å²) in [5.74, 6) is 1.10. The highest BCUT2D eigenvalue weighted by Crippen LogP contribution is 2.36. The maximum Gasteiger partial charge on any atom is 0.252 e. The van der Waals surface area contributed by atoms with E-state index in [4.69, 9.17) is 25.5 Å². The molecule has 7 nitrogen and oxygen atoms in total. The predicted molar refractivity (Wildman–Crippen MR) is 110 cm³/mol. The number of carbonyl (C=O) groups is 2. The largest absolute Gasteiger partial charge is 0.493 e. The van der Waals surface area contributed by atoms with Gasteiger partial charge in [-0.3, -0.25) is 9.59 Å². The summed E-state index contributed by atoms with van der Waals surface area (Å²) in [5.41, 5.74) is 0.272. The number of halogens is 1. The van der Waals surface area contributed by atoms with Crippen molar-refractivity contribution >= 4 is 23.4 Å². The molecule has 8 heteroatoms. The van der Waals surface area contributed by atoms with Crippen LogP contribution in [-0.2, 0) is 11.3 Å². The molecule has 158 valence electrons. The molecule has 29 heavy (non-hydrogen) atoms. The van der Waals surface area contributed by atoms with Crippen molar-refractivity contribution in [1.29, 1.82) is 0 Å². The molecular weight excluding hydrogens is 396 g/mol. The van der Waals surface area contributed by atoms with E-state index in [1.54, 1.807) is 25.1 Å². The number of methoxy groups -OCH3 is 1. The van der Waals surface area contributed by atoms with Crippen molar-refractivity contribution in [3.05, 3.63) is 46.9 Å². The lowest BCUT2D eigenvalue weighted by Crippen LogP contribution is -2.44. The van der Waals surface area contributed by atoms with Gasteiger partial charge in [-0.15, -0.1) is 0 Å². The standard InChI is InChI=1S/C21H27ClN2O5/c1-13(2)7-9-29-19-17(22)10-15(11-18(19)27-4)21(26)24-14(3)20(25)23-12-16-6-5-8-28-16/h5-6,8,10-11,13-14H,7,9,12H2,1-4H3,(H,23,25)(H,24,26). The number of ether oxygens (including phenoxy) is 2. The second-order valence-electron chi connectivity index (χ2n) is 7.01. The third kappa shape index (κ3) is 6.71. The summed E-state index contributed by atoms with van der Waals surface area (Å²) < 4.78 is 16.2. The van der Waals surface area contributed by atoms with E-state index in [1.165, 1.54) is 19.4 Å². The van der Waals surface area contributed by atoms with Gasteiger partial charge in [0, 0.05) is 5.56 Å². The number of hydrogen-bond acceptors (Lipinski definition) is 5. The lowest BCUT2D eigenvalue weighted by Gasteiger charge is -2.16. The number of nitrogens with one attached hydrogen (secondary N) is 2. The number of carbonyl (C=O) groups excluding carboxylic acids is 2. The zero-order valence-electron chi connectivity index (χ0n) is 17.1. The molecule has 2 amide bonds. The average molecular weight is 423 g/mol. The van der Waals surface area contributed by atoms with Crippen molar-refractivity contribution < 1.29 is 23.5 Å². The van der Waals surface area contributed by atoms with Gasteiger partial charge in [0.25, 0.3) is 5.91 Å². The van der Waals surface area contributed by atoms with Crippen LogP contribution >= 0.6 is 11.6 Å². The van der Waals surface area contributed by atoms with Gasteiger partial charge in [-0.05, 0) is 43.5 Å². The van der Waals surface area contributed by atoms with Crippen LogP contribution in [0, 0.1) is 5.92 Å². The Bertz CT molecular complexity index is 821. The average Bonchev–Trinajstić information content (AvgIpc) is 3.20. The highest BCUT2D eigenvalue weighted by atomic mass is 35.5. The fourth-order valence-electron chi connectivity index (χ4n) is 2.47. The summed E-state index contributed by atoms with van der Waals surface area (Å²) in [6, 6.07) is 5.78. The first-order chi connectivity index (χ1) is 13.8. The topological polar surface area (TPSA) is 89.8 Å².